The van der Waals surface area contributed by atoms with Crippen LogP contribution in [0.3, 0.4) is 0 Å². The maximum absolute atomic E-state index is 14.4. The lowest BCUT2D eigenvalue weighted by atomic mass is 9.69. The summed E-state index contributed by atoms with van der Waals surface area (Å²) in [5.41, 5.74) is 2.63. The van der Waals surface area contributed by atoms with Gasteiger partial charge in [0.25, 0.3) is 5.69 Å². The van der Waals surface area contributed by atoms with Crippen molar-refractivity contribution in [1.82, 2.24) is 4.90 Å². The van der Waals surface area contributed by atoms with Gasteiger partial charge in [0.15, 0.2) is 5.78 Å². The van der Waals surface area contributed by atoms with Gasteiger partial charge in [-0.15, -0.1) is 11.8 Å². The number of para-hydroxylation sites is 1. The van der Waals surface area contributed by atoms with E-state index >= 15 is 0 Å². The first-order valence-electron chi connectivity index (χ1n) is 11.5. The van der Waals surface area contributed by atoms with Gasteiger partial charge in [0.1, 0.15) is 5.54 Å². The standard InChI is InChI=1S/C27H23N3O4S/c1-16-9-11-17(12-10-16)25(31)24-23(18-5-4-6-19(13-18)30(33)34)22-14-35-15-29(22)27(24)20-7-2-3-8-21(20)28-26(27)32/h2-13,22-24H,14-15H2,1H3,(H,28,32)/t22-,23+,24-,27-/m1/s1. The third-order valence-corrected chi connectivity index (χ3v) is 8.65. The van der Waals surface area contributed by atoms with Crippen LogP contribution in [0, 0.1) is 23.0 Å². The molecule has 0 aliphatic carbocycles. The normalized spacial score (nSPS) is 27.0. The van der Waals surface area contributed by atoms with Crippen LogP contribution in [0.1, 0.15) is 33.0 Å². The Bertz CT molecular complexity index is 1370. The molecule has 2 saturated heterocycles. The number of aryl methyl sites for hydroxylation is 1. The van der Waals surface area contributed by atoms with Crippen molar-refractivity contribution in [3.8, 4) is 0 Å². The molecule has 1 amide bonds. The van der Waals surface area contributed by atoms with E-state index in [1.807, 2.05) is 61.5 Å². The van der Waals surface area contributed by atoms with Crippen LogP contribution >= 0.6 is 11.8 Å². The minimum atomic E-state index is -1.18. The Morgan fingerprint density at radius 3 is 2.66 bits per heavy atom. The molecular formula is C27H23N3O4S. The minimum Gasteiger partial charge on any atom is -0.324 e. The number of fused-ring (bicyclic) bond motifs is 4. The van der Waals surface area contributed by atoms with Gasteiger partial charge < -0.3 is 5.32 Å². The van der Waals surface area contributed by atoms with E-state index in [2.05, 4.69) is 10.2 Å². The van der Waals surface area contributed by atoms with Gasteiger partial charge in [-0.05, 0) is 18.6 Å². The molecule has 0 unspecified atom stereocenters. The van der Waals surface area contributed by atoms with Gasteiger partial charge in [-0.25, -0.2) is 0 Å². The molecule has 7 nitrogen and oxygen atoms in total. The third kappa shape index (κ3) is 3.10. The number of anilines is 1. The predicted molar refractivity (Wildman–Crippen MR) is 135 cm³/mol. The number of nitro groups is 1. The van der Waals surface area contributed by atoms with Gasteiger partial charge in [0.2, 0.25) is 5.91 Å². The maximum Gasteiger partial charge on any atom is 0.269 e. The number of carbonyl (C=O) groups is 2. The molecule has 0 bridgehead atoms. The van der Waals surface area contributed by atoms with Crippen molar-refractivity contribution in [2.75, 3.05) is 16.9 Å². The number of nitrogens with one attached hydrogen (secondary N) is 1. The van der Waals surface area contributed by atoms with Crippen molar-refractivity contribution in [2.24, 2.45) is 5.92 Å². The van der Waals surface area contributed by atoms with Crippen molar-refractivity contribution in [1.29, 1.82) is 0 Å². The highest BCUT2D eigenvalue weighted by atomic mass is 32.2. The maximum atomic E-state index is 14.4. The number of amides is 1. The largest absolute Gasteiger partial charge is 0.324 e. The number of nitro benzene ring substituents is 1. The van der Waals surface area contributed by atoms with Crippen LogP contribution in [0.5, 0.6) is 0 Å². The van der Waals surface area contributed by atoms with E-state index in [9.17, 15) is 19.7 Å². The van der Waals surface area contributed by atoms with Crippen LogP contribution in [-0.2, 0) is 10.3 Å². The topological polar surface area (TPSA) is 92.5 Å². The highest BCUT2D eigenvalue weighted by Crippen LogP contribution is 2.61. The Labute approximate surface area is 206 Å². The average Bonchev–Trinajstić information content (AvgIpc) is 3.52. The molecule has 4 atom stereocenters. The lowest BCUT2D eigenvalue weighted by Crippen LogP contribution is -2.52. The molecular weight excluding hydrogens is 462 g/mol. The summed E-state index contributed by atoms with van der Waals surface area (Å²) in [6.07, 6.45) is 0. The van der Waals surface area contributed by atoms with E-state index in [0.29, 0.717) is 11.4 Å². The second-order valence-corrected chi connectivity index (χ2v) is 10.4. The number of ketones is 1. The van der Waals surface area contributed by atoms with E-state index in [1.165, 1.54) is 6.07 Å². The van der Waals surface area contributed by atoms with Gasteiger partial charge in [-0.3, -0.25) is 24.6 Å². The fourth-order valence-corrected chi connectivity index (χ4v) is 7.47. The third-order valence-electron chi connectivity index (χ3n) is 7.61. The lowest BCUT2D eigenvalue weighted by molar-refractivity contribution is -0.384. The number of non-ortho nitro benzene ring substituents is 1. The quantitative estimate of drug-likeness (QED) is 0.327. The number of rotatable bonds is 4. The molecule has 6 rings (SSSR count). The Morgan fingerprint density at radius 1 is 1.11 bits per heavy atom. The summed E-state index contributed by atoms with van der Waals surface area (Å²) in [6.45, 7) is 1.96. The lowest BCUT2D eigenvalue weighted by Gasteiger charge is -2.36. The van der Waals surface area contributed by atoms with Crippen LogP contribution in [0.15, 0.2) is 72.8 Å². The number of Topliss-reactive ketones (excluding diaryl/α,β-unsaturated/α-hetero) is 1. The smallest absolute Gasteiger partial charge is 0.269 e. The van der Waals surface area contributed by atoms with Crippen molar-refractivity contribution < 1.29 is 14.5 Å². The van der Waals surface area contributed by atoms with E-state index in [-0.39, 0.29) is 29.3 Å². The molecule has 35 heavy (non-hydrogen) atoms. The average molecular weight is 486 g/mol. The summed E-state index contributed by atoms with van der Waals surface area (Å²) in [6, 6.07) is 21.4. The highest BCUT2D eigenvalue weighted by molar-refractivity contribution is 7.99. The Morgan fingerprint density at radius 2 is 1.89 bits per heavy atom. The van der Waals surface area contributed by atoms with Gasteiger partial charge in [0.05, 0.1) is 10.8 Å². The molecule has 1 spiro atoms. The molecule has 2 fully saturated rings. The van der Waals surface area contributed by atoms with Crippen molar-refractivity contribution >= 4 is 34.8 Å². The Kier molecular flexibility index (Phi) is 5.05. The molecule has 3 aliphatic rings. The zero-order valence-electron chi connectivity index (χ0n) is 19.0. The van der Waals surface area contributed by atoms with Crippen LogP contribution in [0.2, 0.25) is 0 Å². The molecule has 176 valence electrons. The van der Waals surface area contributed by atoms with Crippen LogP contribution in [-0.4, -0.2) is 39.2 Å². The second kappa shape index (κ2) is 8.03. The van der Waals surface area contributed by atoms with E-state index < -0.39 is 16.4 Å². The fourth-order valence-electron chi connectivity index (χ4n) is 6.15. The number of benzene rings is 3. The van der Waals surface area contributed by atoms with Crippen LogP contribution in [0.4, 0.5) is 11.4 Å². The molecule has 0 radical (unpaired) electrons. The summed E-state index contributed by atoms with van der Waals surface area (Å²) in [4.78, 5) is 41.6. The zero-order valence-corrected chi connectivity index (χ0v) is 19.8. The summed E-state index contributed by atoms with van der Waals surface area (Å²) < 4.78 is 0. The number of thioether (sulfide) groups is 1. The SMILES string of the molecule is Cc1ccc(C(=O)[C@H]2[C@@H](c3cccc([N+](=O)[O-])c3)[C@H]3CSCN3[C@@]23C(=O)Nc2ccccc23)cc1. The Hall–Kier alpha value is -3.49. The fraction of sp³-hybridized carbons (Fsp3) is 0.259. The molecule has 3 heterocycles. The minimum absolute atomic E-state index is 0.0153. The number of hydrogen-bond acceptors (Lipinski definition) is 6. The zero-order chi connectivity index (χ0) is 24.3. The van der Waals surface area contributed by atoms with Gasteiger partial charge in [-0.1, -0.05) is 60.2 Å². The summed E-state index contributed by atoms with van der Waals surface area (Å²) >= 11 is 1.72. The predicted octanol–water partition coefficient (Wildman–Crippen LogP) is 4.72. The summed E-state index contributed by atoms with van der Waals surface area (Å²) in [7, 11) is 0. The highest BCUT2D eigenvalue weighted by Gasteiger charge is 2.69. The summed E-state index contributed by atoms with van der Waals surface area (Å²) in [5, 5.41) is 14.6. The molecule has 1 N–H and O–H groups in total. The monoisotopic (exact) mass is 485 g/mol. The first-order chi connectivity index (χ1) is 16.9. The Balaban J connectivity index is 1.61. The molecule has 3 aromatic carbocycles. The van der Waals surface area contributed by atoms with E-state index in [1.54, 1.807) is 23.9 Å². The molecule has 8 heteroatoms. The molecule has 3 aromatic rings. The van der Waals surface area contributed by atoms with Crippen molar-refractivity contribution in [3.63, 3.8) is 0 Å². The summed E-state index contributed by atoms with van der Waals surface area (Å²) in [5.74, 6) is -0.0904. The van der Waals surface area contributed by atoms with Gasteiger partial charge >= 0.3 is 0 Å². The molecule has 0 saturated carbocycles. The van der Waals surface area contributed by atoms with Crippen LogP contribution < -0.4 is 5.32 Å². The van der Waals surface area contributed by atoms with Gasteiger partial charge in [0, 0.05) is 52.5 Å². The van der Waals surface area contributed by atoms with Crippen molar-refractivity contribution in [3.05, 3.63) is 105 Å². The number of hydrogen-bond donors (Lipinski definition) is 1. The number of carbonyl (C=O) groups excluding carboxylic acids is 2. The van der Waals surface area contributed by atoms with Crippen LogP contribution in [0.25, 0.3) is 0 Å². The molecule has 3 aliphatic heterocycles. The number of nitrogens with zero attached hydrogens (tertiary/aromatic N) is 2. The second-order valence-electron chi connectivity index (χ2n) is 9.39. The first kappa shape index (κ1) is 22.0. The first-order valence-corrected chi connectivity index (χ1v) is 12.7. The van der Waals surface area contributed by atoms with Gasteiger partial charge in [-0.2, -0.15) is 0 Å². The molecule has 0 aromatic heterocycles. The van der Waals surface area contributed by atoms with Crippen molar-refractivity contribution in [2.45, 2.75) is 24.4 Å². The van der Waals surface area contributed by atoms with E-state index in [4.69, 9.17) is 0 Å². The van der Waals surface area contributed by atoms with E-state index in [0.717, 1.165) is 28.1 Å².